The van der Waals surface area contributed by atoms with Crippen molar-refractivity contribution in [3.8, 4) is 6.07 Å². The molecule has 2 N–H and O–H groups in total. The van der Waals surface area contributed by atoms with Gasteiger partial charge in [0.05, 0.1) is 5.56 Å². The van der Waals surface area contributed by atoms with E-state index < -0.39 is 0 Å². The summed E-state index contributed by atoms with van der Waals surface area (Å²) in [5.41, 5.74) is 8.32. The van der Waals surface area contributed by atoms with E-state index in [1.807, 2.05) is 0 Å². The number of thiophene rings is 1. The standard InChI is InChI=1S/C16H24N2S/c1-10(2)8-16(3,4)11-5-6-12-13(9-17)15(18)19-14(12)7-11/h10-11H,5-8,18H2,1-4H3. The van der Waals surface area contributed by atoms with Crippen molar-refractivity contribution in [3.63, 3.8) is 0 Å². The highest BCUT2D eigenvalue weighted by atomic mass is 32.1. The highest BCUT2D eigenvalue weighted by Gasteiger charge is 2.34. The van der Waals surface area contributed by atoms with E-state index in [1.165, 1.54) is 23.3 Å². The van der Waals surface area contributed by atoms with E-state index in [4.69, 9.17) is 5.73 Å². The third-order valence-electron chi connectivity index (χ3n) is 4.44. The lowest BCUT2D eigenvalue weighted by molar-refractivity contribution is 0.155. The lowest BCUT2D eigenvalue weighted by Gasteiger charge is -2.38. The fourth-order valence-electron chi connectivity index (χ4n) is 3.62. The van der Waals surface area contributed by atoms with Crippen LogP contribution in [0.25, 0.3) is 0 Å². The van der Waals surface area contributed by atoms with Crippen LogP contribution >= 0.6 is 11.3 Å². The second-order valence-corrected chi connectivity index (χ2v) is 8.02. The molecule has 104 valence electrons. The lowest BCUT2D eigenvalue weighted by Crippen LogP contribution is -2.30. The maximum Gasteiger partial charge on any atom is 0.104 e. The molecule has 1 unspecified atom stereocenters. The first-order chi connectivity index (χ1) is 8.85. The summed E-state index contributed by atoms with van der Waals surface area (Å²) in [5.74, 6) is 1.45. The average Bonchev–Trinajstić information content (AvgIpc) is 2.61. The molecule has 0 aromatic carbocycles. The highest BCUT2D eigenvalue weighted by Crippen LogP contribution is 2.45. The van der Waals surface area contributed by atoms with Crippen molar-refractivity contribution < 1.29 is 0 Å². The Bertz CT molecular complexity index is 506. The Morgan fingerprint density at radius 2 is 2.16 bits per heavy atom. The first-order valence-electron chi connectivity index (χ1n) is 7.15. The van der Waals surface area contributed by atoms with Crippen LogP contribution in [0.15, 0.2) is 0 Å². The summed E-state index contributed by atoms with van der Waals surface area (Å²) in [6.45, 7) is 9.38. The minimum Gasteiger partial charge on any atom is -0.389 e. The molecule has 1 aromatic heterocycles. The number of rotatable bonds is 3. The predicted molar refractivity (Wildman–Crippen MR) is 82.2 cm³/mol. The van der Waals surface area contributed by atoms with Gasteiger partial charge in [-0.2, -0.15) is 5.26 Å². The van der Waals surface area contributed by atoms with Crippen molar-refractivity contribution >= 4 is 16.3 Å². The molecule has 1 aliphatic rings. The van der Waals surface area contributed by atoms with Gasteiger partial charge in [-0.1, -0.05) is 27.7 Å². The van der Waals surface area contributed by atoms with Gasteiger partial charge in [-0.15, -0.1) is 11.3 Å². The third-order valence-corrected chi connectivity index (χ3v) is 5.53. The van der Waals surface area contributed by atoms with E-state index in [1.54, 1.807) is 11.3 Å². The molecule has 3 heteroatoms. The molecule has 0 spiro atoms. The summed E-state index contributed by atoms with van der Waals surface area (Å²) < 4.78 is 0. The van der Waals surface area contributed by atoms with E-state index >= 15 is 0 Å². The van der Waals surface area contributed by atoms with Crippen LogP contribution in [0.1, 0.15) is 56.5 Å². The molecule has 0 fully saturated rings. The summed E-state index contributed by atoms with van der Waals surface area (Å²) in [5, 5.41) is 9.90. The van der Waals surface area contributed by atoms with E-state index in [0.29, 0.717) is 11.3 Å². The van der Waals surface area contributed by atoms with Gasteiger partial charge in [0.2, 0.25) is 0 Å². The summed E-state index contributed by atoms with van der Waals surface area (Å²) in [6, 6.07) is 2.27. The molecule has 0 saturated carbocycles. The van der Waals surface area contributed by atoms with Crippen LogP contribution in [0.2, 0.25) is 0 Å². The van der Waals surface area contributed by atoms with E-state index in [-0.39, 0.29) is 0 Å². The van der Waals surface area contributed by atoms with Crippen molar-refractivity contribution in [2.75, 3.05) is 5.73 Å². The number of nitrogens with two attached hydrogens (primary N) is 1. The first-order valence-corrected chi connectivity index (χ1v) is 7.97. The Hall–Kier alpha value is -1.01. The molecule has 0 amide bonds. The molecule has 1 aromatic rings. The number of nitrogen functional groups attached to an aromatic ring is 1. The van der Waals surface area contributed by atoms with E-state index in [2.05, 4.69) is 33.8 Å². The largest absolute Gasteiger partial charge is 0.389 e. The Kier molecular flexibility index (Phi) is 3.92. The molecule has 0 saturated heterocycles. The van der Waals surface area contributed by atoms with Gasteiger partial charge in [0, 0.05) is 4.88 Å². The van der Waals surface area contributed by atoms with Crippen LogP contribution in [0, 0.1) is 28.6 Å². The fraction of sp³-hybridized carbons (Fsp3) is 0.688. The number of hydrogen-bond acceptors (Lipinski definition) is 3. The van der Waals surface area contributed by atoms with Gasteiger partial charge in [-0.3, -0.25) is 0 Å². The van der Waals surface area contributed by atoms with Crippen LogP contribution in [-0.2, 0) is 12.8 Å². The summed E-state index contributed by atoms with van der Waals surface area (Å²) in [6.07, 6.45) is 4.58. The fourth-order valence-corrected chi connectivity index (χ4v) is 4.76. The number of nitrogens with zero attached hydrogens (tertiary/aromatic N) is 1. The summed E-state index contributed by atoms with van der Waals surface area (Å²) >= 11 is 1.64. The zero-order valence-corrected chi connectivity index (χ0v) is 13.2. The van der Waals surface area contributed by atoms with Gasteiger partial charge < -0.3 is 5.73 Å². The molecule has 0 bridgehead atoms. The molecule has 19 heavy (non-hydrogen) atoms. The van der Waals surface area contributed by atoms with Crippen molar-refractivity contribution in [2.24, 2.45) is 17.3 Å². The third kappa shape index (κ3) is 2.79. The molecule has 2 nitrogen and oxygen atoms in total. The first kappa shape index (κ1) is 14.4. The number of nitriles is 1. The van der Waals surface area contributed by atoms with Crippen molar-refractivity contribution in [2.45, 2.75) is 53.4 Å². The highest BCUT2D eigenvalue weighted by molar-refractivity contribution is 7.16. The molecule has 1 heterocycles. The molecular weight excluding hydrogens is 252 g/mol. The summed E-state index contributed by atoms with van der Waals surface area (Å²) in [7, 11) is 0. The summed E-state index contributed by atoms with van der Waals surface area (Å²) in [4.78, 5) is 1.36. The average molecular weight is 276 g/mol. The van der Waals surface area contributed by atoms with Crippen molar-refractivity contribution in [1.82, 2.24) is 0 Å². The second kappa shape index (κ2) is 5.17. The Morgan fingerprint density at radius 1 is 1.47 bits per heavy atom. The van der Waals surface area contributed by atoms with Crippen LogP contribution < -0.4 is 5.73 Å². The molecule has 0 radical (unpaired) electrons. The Morgan fingerprint density at radius 3 is 2.74 bits per heavy atom. The van der Waals surface area contributed by atoms with Crippen LogP contribution in [0.4, 0.5) is 5.00 Å². The Labute approximate surface area is 120 Å². The van der Waals surface area contributed by atoms with Crippen LogP contribution in [-0.4, -0.2) is 0 Å². The van der Waals surface area contributed by atoms with Gasteiger partial charge in [0.15, 0.2) is 0 Å². The maximum atomic E-state index is 9.18. The van der Waals surface area contributed by atoms with Gasteiger partial charge >= 0.3 is 0 Å². The smallest absolute Gasteiger partial charge is 0.104 e. The van der Waals surface area contributed by atoms with Crippen molar-refractivity contribution in [3.05, 3.63) is 16.0 Å². The minimum absolute atomic E-state index is 0.372. The number of anilines is 1. The minimum atomic E-state index is 0.372. The second-order valence-electron chi connectivity index (χ2n) is 6.88. The normalized spacial score (nSPS) is 19.3. The lowest BCUT2D eigenvalue weighted by atomic mass is 9.67. The van der Waals surface area contributed by atoms with Crippen molar-refractivity contribution in [1.29, 1.82) is 5.26 Å². The number of fused-ring (bicyclic) bond motifs is 1. The topological polar surface area (TPSA) is 49.8 Å². The number of hydrogen-bond donors (Lipinski definition) is 1. The monoisotopic (exact) mass is 276 g/mol. The van der Waals surface area contributed by atoms with Crippen LogP contribution in [0.3, 0.4) is 0 Å². The molecule has 1 aliphatic carbocycles. The van der Waals surface area contributed by atoms with E-state index in [0.717, 1.165) is 29.3 Å². The molecule has 0 aliphatic heterocycles. The predicted octanol–water partition coefficient (Wildman–Crippen LogP) is 4.38. The van der Waals surface area contributed by atoms with Gasteiger partial charge in [-0.25, -0.2) is 0 Å². The van der Waals surface area contributed by atoms with Gasteiger partial charge in [-0.05, 0) is 48.5 Å². The quantitative estimate of drug-likeness (QED) is 0.890. The zero-order chi connectivity index (χ0) is 14.2. The molecule has 1 atom stereocenters. The zero-order valence-electron chi connectivity index (χ0n) is 12.4. The van der Waals surface area contributed by atoms with Crippen LogP contribution in [0.5, 0.6) is 0 Å². The van der Waals surface area contributed by atoms with Gasteiger partial charge in [0.1, 0.15) is 11.1 Å². The van der Waals surface area contributed by atoms with E-state index in [9.17, 15) is 5.26 Å². The molecular formula is C16H24N2S. The molecule has 2 rings (SSSR count). The van der Waals surface area contributed by atoms with Gasteiger partial charge in [0.25, 0.3) is 0 Å². The SMILES string of the molecule is CC(C)CC(C)(C)C1CCc2c(sc(N)c2C#N)C1. The maximum absolute atomic E-state index is 9.18. The Balaban J connectivity index is 2.21.